The fraction of sp³-hybridized carbons (Fsp3) is 0. The third-order valence-electron chi connectivity index (χ3n) is 0. The number of hydrogen-bond donors (Lipinski definition) is 2. The van der Waals surface area contributed by atoms with E-state index in [9.17, 15) is 0 Å². The van der Waals surface area contributed by atoms with E-state index in [-0.39, 0.29) is 118 Å². The molecule has 2 nitrogen and oxygen atoms in total. The second-order valence-corrected chi connectivity index (χ2v) is 0. The fourth-order valence-corrected chi connectivity index (χ4v) is 0. The Bertz CT molecular complexity index is 16.0. The Morgan fingerprint density at radius 2 is 0.833 bits per heavy atom. The van der Waals surface area contributed by atoms with Gasteiger partial charge in [-0.15, -0.1) is 13.2 Å². The van der Waals surface area contributed by atoms with Gasteiger partial charge in [0, 0.05) is 0 Å². The molecule has 0 saturated carbocycles. The van der Waals surface area contributed by atoms with Gasteiger partial charge in [0.2, 0.25) is 0 Å². The van der Waals surface area contributed by atoms with Crippen molar-refractivity contribution in [3.05, 3.63) is 13.2 Å². The van der Waals surface area contributed by atoms with Crippen LogP contribution in [0.1, 0.15) is 2.85 Å². The van der Waals surface area contributed by atoms with Crippen molar-refractivity contribution in [1.82, 2.24) is 12.3 Å². The van der Waals surface area contributed by atoms with E-state index >= 15 is 0 Å². The van der Waals surface area contributed by atoms with E-state index in [0.717, 1.165) is 0 Å². The van der Waals surface area contributed by atoms with Crippen LogP contribution in [0.3, 0.4) is 0 Å². The zero-order chi connectivity index (χ0) is 2.00. The SMILES string of the molecule is C=C.N.N.[H-].[H-].[K+].[K+]. The largest absolute Gasteiger partial charge is 1.00 e. The molecule has 0 spiro atoms. The van der Waals surface area contributed by atoms with Crippen molar-refractivity contribution in [3.63, 3.8) is 0 Å². The molecule has 0 aliphatic heterocycles. The molecule has 0 fully saturated rings. The zero-order valence-corrected chi connectivity index (χ0v) is 11.1. The summed E-state index contributed by atoms with van der Waals surface area (Å²) in [6.07, 6.45) is 0. The van der Waals surface area contributed by atoms with Crippen LogP contribution in [0.15, 0.2) is 13.2 Å². The fourth-order valence-electron chi connectivity index (χ4n) is 0. The van der Waals surface area contributed by atoms with Crippen LogP contribution in [-0.4, -0.2) is 0 Å². The molecule has 6 N–H and O–H groups in total. The topological polar surface area (TPSA) is 70.0 Å². The molecule has 0 saturated heterocycles. The molecule has 0 radical (unpaired) electrons. The van der Waals surface area contributed by atoms with Gasteiger partial charge in [0.1, 0.15) is 0 Å². The quantitative estimate of drug-likeness (QED) is 0.264. The molecule has 0 amide bonds. The molecule has 0 atom stereocenters. The minimum absolute atomic E-state index is 0. The molecular weight excluding hydrogens is 130 g/mol. The minimum atomic E-state index is 0. The first-order valence-corrected chi connectivity index (χ1v) is 0.500. The standard InChI is InChI=1S/C2H4.2K.2H3N.2H/c1-2;;;;;;/h1-2H2;;;2*1H3;;/q;2*+1;;;2*-1. The van der Waals surface area contributed by atoms with Gasteiger partial charge >= 0.3 is 103 Å². The van der Waals surface area contributed by atoms with E-state index in [1.54, 1.807) is 0 Å². The van der Waals surface area contributed by atoms with Gasteiger partial charge < -0.3 is 15.2 Å². The van der Waals surface area contributed by atoms with Crippen molar-refractivity contribution in [2.75, 3.05) is 0 Å². The predicted octanol–water partition coefficient (Wildman–Crippen LogP) is -4.64. The van der Waals surface area contributed by atoms with Crippen molar-refractivity contribution in [2.24, 2.45) is 0 Å². The predicted molar refractivity (Wildman–Crippen MR) is 23.5 cm³/mol. The Balaban J connectivity index is -0.000000000333. The normalized spacial score (nSPS) is 0.667. The van der Waals surface area contributed by atoms with Crippen LogP contribution in [0.4, 0.5) is 0 Å². The van der Waals surface area contributed by atoms with Gasteiger partial charge in [0.25, 0.3) is 0 Å². The maximum atomic E-state index is 3.00. The first-order valence-electron chi connectivity index (χ1n) is 0.500. The molecule has 0 aromatic heterocycles. The average molecular weight is 142 g/mol. The summed E-state index contributed by atoms with van der Waals surface area (Å²) in [7, 11) is 0. The average Bonchev–Trinajstić information content (AvgIpc) is 1.00. The molecule has 0 unspecified atom stereocenters. The van der Waals surface area contributed by atoms with E-state index < -0.39 is 0 Å². The summed E-state index contributed by atoms with van der Waals surface area (Å²) in [5.74, 6) is 0. The van der Waals surface area contributed by atoms with Crippen molar-refractivity contribution in [1.29, 1.82) is 0 Å². The van der Waals surface area contributed by atoms with E-state index in [1.165, 1.54) is 0 Å². The molecule has 6 heavy (non-hydrogen) atoms. The van der Waals surface area contributed by atoms with Crippen molar-refractivity contribution in [2.45, 2.75) is 0 Å². The summed E-state index contributed by atoms with van der Waals surface area (Å²) < 4.78 is 0. The summed E-state index contributed by atoms with van der Waals surface area (Å²) in [6.45, 7) is 6.00. The number of rotatable bonds is 0. The van der Waals surface area contributed by atoms with Crippen molar-refractivity contribution >= 4 is 0 Å². The maximum Gasteiger partial charge on any atom is 1.00 e. The summed E-state index contributed by atoms with van der Waals surface area (Å²) in [5, 5.41) is 0. The smallest absolute Gasteiger partial charge is 1.00 e. The van der Waals surface area contributed by atoms with E-state index in [2.05, 4.69) is 13.2 Å². The molecular formula is C2H12K2N2. The van der Waals surface area contributed by atoms with Crippen LogP contribution in [0.2, 0.25) is 0 Å². The summed E-state index contributed by atoms with van der Waals surface area (Å²) in [5.41, 5.74) is 0. The molecule has 4 heteroatoms. The van der Waals surface area contributed by atoms with Gasteiger partial charge in [0.15, 0.2) is 0 Å². The van der Waals surface area contributed by atoms with Crippen LogP contribution in [-0.2, 0) is 0 Å². The van der Waals surface area contributed by atoms with Crippen LogP contribution >= 0.6 is 0 Å². The van der Waals surface area contributed by atoms with Crippen LogP contribution in [0, 0.1) is 0 Å². The van der Waals surface area contributed by atoms with Crippen molar-refractivity contribution in [3.8, 4) is 0 Å². The molecule has 32 valence electrons. The van der Waals surface area contributed by atoms with Gasteiger partial charge in [-0.25, -0.2) is 0 Å². The third-order valence-corrected chi connectivity index (χ3v) is 0. The van der Waals surface area contributed by atoms with Crippen LogP contribution < -0.4 is 115 Å². The van der Waals surface area contributed by atoms with Gasteiger partial charge in [-0.1, -0.05) is 0 Å². The Kier molecular flexibility index (Phi) is 269. The minimum Gasteiger partial charge on any atom is -1.00 e. The Hall–Kier alpha value is 2.93. The van der Waals surface area contributed by atoms with Gasteiger partial charge in [-0.05, 0) is 0 Å². The maximum absolute atomic E-state index is 3.00. The van der Waals surface area contributed by atoms with E-state index in [1.807, 2.05) is 0 Å². The molecule has 0 aromatic rings. The molecule has 0 aromatic carbocycles. The second kappa shape index (κ2) is 44.3. The molecule has 0 bridgehead atoms. The molecule has 0 heterocycles. The zero-order valence-electron chi connectivity index (χ0n) is 6.83. The first kappa shape index (κ1) is 36.3. The first-order chi connectivity index (χ1) is 1.00. The third kappa shape index (κ3) is 28.4. The van der Waals surface area contributed by atoms with E-state index in [4.69, 9.17) is 0 Å². The Morgan fingerprint density at radius 1 is 0.833 bits per heavy atom. The molecule has 0 aliphatic carbocycles. The Labute approximate surface area is 128 Å². The van der Waals surface area contributed by atoms with Crippen LogP contribution in [0.5, 0.6) is 0 Å². The monoisotopic (exact) mass is 142 g/mol. The molecule has 0 rings (SSSR count). The second-order valence-electron chi connectivity index (χ2n) is 0. The summed E-state index contributed by atoms with van der Waals surface area (Å²) in [6, 6.07) is 0. The summed E-state index contributed by atoms with van der Waals surface area (Å²) in [4.78, 5) is 0. The van der Waals surface area contributed by atoms with Gasteiger partial charge in [0.05, 0.1) is 0 Å². The van der Waals surface area contributed by atoms with Gasteiger partial charge in [-0.2, -0.15) is 0 Å². The number of hydrogen-bond acceptors (Lipinski definition) is 2. The molecule has 0 aliphatic rings. The summed E-state index contributed by atoms with van der Waals surface area (Å²) >= 11 is 0. The van der Waals surface area contributed by atoms with Gasteiger partial charge in [-0.3, -0.25) is 0 Å². The van der Waals surface area contributed by atoms with E-state index in [0.29, 0.717) is 0 Å². The van der Waals surface area contributed by atoms with Crippen LogP contribution in [0.25, 0.3) is 0 Å². The Morgan fingerprint density at radius 3 is 0.833 bits per heavy atom. The van der Waals surface area contributed by atoms with Crippen molar-refractivity contribution < 1.29 is 106 Å².